The van der Waals surface area contributed by atoms with Crippen LogP contribution in [0.3, 0.4) is 0 Å². The molecule has 0 atom stereocenters. The van der Waals surface area contributed by atoms with Crippen molar-refractivity contribution in [3.8, 4) is 0 Å². The van der Waals surface area contributed by atoms with Crippen LogP contribution in [0.25, 0.3) is 0 Å². The van der Waals surface area contributed by atoms with Gasteiger partial charge in [0.1, 0.15) is 0 Å². The van der Waals surface area contributed by atoms with Gasteiger partial charge in [0, 0.05) is 17.5 Å². The van der Waals surface area contributed by atoms with Gasteiger partial charge in [0.2, 0.25) is 11.7 Å². The first kappa shape index (κ1) is 16.9. The van der Waals surface area contributed by atoms with E-state index in [0.717, 1.165) is 11.3 Å². The van der Waals surface area contributed by atoms with Crippen LogP contribution >= 0.6 is 11.3 Å². The highest BCUT2D eigenvalue weighted by Gasteiger charge is 2.13. The number of benzene rings is 1. The molecule has 23 heavy (non-hydrogen) atoms. The number of aryl methyl sites for hydroxylation is 1. The van der Waals surface area contributed by atoms with Crippen LogP contribution in [-0.2, 0) is 16.0 Å². The van der Waals surface area contributed by atoms with Crippen molar-refractivity contribution >= 4 is 34.7 Å². The van der Waals surface area contributed by atoms with Crippen LogP contribution in [0.1, 0.15) is 38.8 Å². The fourth-order valence-electron chi connectivity index (χ4n) is 1.90. The van der Waals surface area contributed by atoms with E-state index in [1.807, 2.05) is 13.0 Å². The van der Waals surface area contributed by atoms with Crippen molar-refractivity contribution in [2.24, 2.45) is 0 Å². The lowest BCUT2D eigenvalue weighted by Gasteiger charge is -2.05. The van der Waals surface area contributed by atoms with Gasteiger partial charge in [-0.1, -0.05) is 6.92 Å². The fourth-order valence-corrected chi connectivity index (χ4v) is 2.77. The summed E-state index contributed by atoms with van der Waals surface area (Å²) in [4.78, 5) is 36.5. The maximum Gasteiger partial charge on any atom is 0.338 e. The summed E-state index contributed by atoms with van der Waals surface area (Å²) in [6.07, 6.45) is 0.873. The number of nitrogens with one attached hydrogen (secondary N) is 1. The monoisotopic (exact) mass is 331 g/mol. The molecule has 0 saturated carbocycles. The summed E-state index contributed by atoms with van der Waals surface area (Å²) in [5.41, 5.74) is 0.920. The van der Waals surface area contributed by atoms with Crippen molar-refractivity contribution in [3.05, 3.63) is 51.7 Å². The Kier molecular flexibility index (Phi) is 5.65. The van der Waals surface area contributed by atoms with E-state index in [4.69, 9.17) is 4.74 Å². The maximum absolute atomic E-state index is 12.0. The first-order valence-electron chi connectivity index (χ1n) is 7.16. The molecule has 1 heterocycles. The van der Waals surface area contributed by atoms with E-state index in [1.165, 1.54) is 18.3 Å². The molecule has 1 aromatic heterocycles. The quantitative estimate of drug-likeness (QED) is 0.651. The summed E-state index contributed by atoms with van der Waals surface area (Å²) in [5, 5.41) is 2.61. The van der Waals surface area contributed by atoms with Gasteiger partial charge in [-0.3, -0.25) is 9.59 Å². The SMILES string of the molecule is CCc1ccc(C(=O)COC(=O)c2ccc(NC(C)=O)cc2)s1. The predicted molar refractivity (Wildman–Crippen MR) is 89.1 cm³/mol. The highest BCUT2D eigenvalue weighted by atomic mass is 32.1. The molecule has 1 aromatic carbocycles. The molecule has 0 bridgehead atoms. The summed E-state index contributed by atoms with van der Waals surface area (Å²) >= 11 is 1.42. The Bertz CT molecular complexity index is 718. The smallest absolute Gasteiger partial charge is 0.338 e. The van der Waals surface area contributed by atoms with Crippen LogP contribution in [0.2, 0.25) is 0 Å². The molecule has 2 aromatic rings. The molecule has 0 aliphatic carbocycles. The highest BCUT2D eigenvalue weighted by Crippen LogP contribution is 2.18. The number of carbonyl (C=O) groups is 3. The second kappa shape index (κ2) is 7.69. The topological polar surface area (TPSA) is 72.5 Å². The minimum absolute atomic E-state index is 0.187. The third-order valence-corrected chi connectivity index (χ3v) is 4.33. The van der Waals surface area contributed by atoms with Crippen LogP contribution in [-0.4, -0.2) is 24.3 Å². The number of rotatable bonds is 6. The number of thiophene rings is 1. The Labute approximate surface area is 138 Å². The third-order valence-electron chi connectivity index (χ3n) is 3.06. The molecule has 120 valence electrons. The van der Waals surface area contributed by atoms with Gasteiger partial charge in [0.15, 0.2) is 6.61 Å². The molecule has 0 fully saturated rings. The molecule has 1 amide bonds. The Balaban J connectivity index is 1.91. The third kappa shape index (κ3) is 4.75. The molecule has 0 unspecified atom stereocenters. The molecular formula is C17H17NO4S. The van der Waals surface area contributed by atoms with Crippen molar-refractivity contribution in [2.75, 3.05) is 11.9 Å². The summed E-state index contributed by atoms with van der Waals surface area (Å²) in [6, 6.07) is 9.94. The second-order valence-electron chi connectivity index (χ2n) is 4.88. The number of hydrogen-bond acceptors (Lipinski definition) is 5. The van der Waals surface area contributed by atoms with E-state index in [1.54, 1.807) is 30.3 Å². The Morgan fingerprint density at radius 2 is 1.78 bits per heavy atom. The van der Waals surface area contributed by atoms with Gasteiger partial charge in [-0.05, 0) is 42.8 Å². The molecule has 0 radical (unpaired) electrons. The van der Waals surface area contributed by atoms with Gasteiger partial charge in [0.05, 0.1) is 10.4 Å². The van der Waals surface area contributed by atoms with Crippen molar-refractivity contribution in [3.63, 3.8) is 0 Å². The largest absolute Gasteiger partial charge is 0.454 e. The summed E-state index contributed by atoms with van der Waals surface area (Å²) in [5.74, 6) is -0.966. The summed E-state index contributed by atoms with van der Waals surface area (Å²) < 4.78 is 5.04. The zero-order valence-electron chi connectivity index (χ0n) is 12.9. The van der Waals surface area contributed by atoms with Gasteiger partial charge >= 0.3 is 5.97 Å². The summed E-state index contributed by atoms with van der Waals surface area (Å²) in [6.45, 7) is 3.14. The molecule has 1 N–H and O–H groups in total. The molecule has 0 aliphatic heterocycles. The average molecular weight is 331 g/mol. The lowest BCUT2D eigenvalue weighted by Crippen LogP contribution is -2.13. The molecule has 0 aliphatic rings. The van der Waals surface area contributed by atoms with Crippen LogP contribution in [0, 0.1) is 0 Å². The van der Waals surface area contributed by atoms with E-state index < -0.39 is 5.97 Å². The number of amides is 1. The number of carbonyl (C=O) groups excluding carboxylic acids is 3. The van der Waals surface area contributed by atoms with Crippen molar-refractivity contribution < 1.29 is 19.1 Å². The Morgan fingerprint density at radius 3 is 2.35 bits per heavy atom. The highest BCUT2D eigenvalue weighted by molar-refractivity contribution is 7.14. The zero-order valence-corrected chi connectivity index (χ0v) is 13.7. The number of esters is 1. The Morgan fingerprint density at radius 1 is 1.09 bits per heavy atom. The molecule has 0 spiro atoms. The van der Waals surface area contributed by atoms with E-state index in [-0.39, 0.29) is 18.3 Å². The Hall–Kier alpha value is -2.47. The van der Waals surface area contributed by atoms with E-state index in [0.29, 0.717) is 16.1 Å². The number of ether oxygens (including phenoxy) is 1. The van der Waals surface area contributed by atoms with E-state index in [2.05, 4.69) is 5.32 Å². The number of anilines is 1. The van der Waals surface area contributed by atoms with Gasteiger partial charge in [-0.25, -0.2) is 4.79 Å². The van der Waals surface area contributed by atoms with Crippen LogP contribution in [0.4, 0.5) is 5.69 Å². The van der Waals surface area contributed by atoms with Crippen molar-refractivity contribution in [2.45, 2.75) is 20.3 Å². The standard InChI is InChI=1S/C17H17NO4S/c1-3-14-8-9-16(23-14)15(20)10-22-17(21)12-4-6-13(7-5-12)18-11(2)19/h4-9H,3,10H2,1-2H3,(H,18,19). The van der Waals surface area contributed by atoms with Gasteiger partial charge in [-0.2, -0.15) is 0 Å². The average Bonchev–Trinajstić information content (AvgIpc) is 3.01. The van der Waals surface area contributed by atoms with Crippen molar-refractivity contribution in [1.82, 2.24) is 0 Å². The number of ketones is 1. The van der Waals surface area contributed by atoms with Crippen LogP contribution in [0.5, 0.6) is 0 Å². The first-order chi connectivity index (χ1) is 11.0. The zero-order chi connectivity index (χ0) is 16.8. The summed E-state index contributed by atoms with van der Waals surface area (Å²) in [7, 11) is 0. The van der Waals surface area contributed by atoms with Gasteiger partial charge in [0.25, 0.3) is 0 Å². The second-order valence-corrected chi connectivity index (χ2v) is 6.05. The van der Waals surface area contributed by atoms with Gasteiger partial charge < -0.3 is 10.1 Å². The molecule has 2 rings (SSSR count). The minimum atomic E-state index is -0.569. The maximum atomic E-state index is 12.0. The lowest BCUT2D eigenvalue weighted by atomic mass is 10.2. The predicted octanol–water partition coefficient (Wildman–Crippen LogP) is 3.31. The van der Waals surface area contributed by atoms with E-state index >= 15 is 0 Å². The molecule has 6 heteroatoms. The first-order valence-corrected chi connectivity index (χ1v) is 7.98. The van der Waals surface area contributed by atoms with Gasteiger partial charge in [-0.15, -0.1) is 11.3 Å². The number of Topliss-reactive ketones (excluding diaryl/α,β-unsaturated/α-hetero) is 1. The molecular weight excluding hydrogens is 314 g/mol. The lowest BCUT2D eigenvalue weighted by molar-refractivity contribution is -0.114. The van der Waals surface area contributed by atoms with Crippen LogP contribution < -0.4 is 5.32 Å². The van der Waals surface area contributed by atoms with Crippen molar-refractivity contribution in [1.29, 1.82) is 0 Å². The normalized spacial score (nSPS) is 10.2. The number of hydrogen-bond donors (Lipinski definition) is 1. The fraction of sp³-hybridized carbons (Fsp3) is 0.235. The van der Waals surface area contributed by atoms with Crippen LogP contribution in [0.15, 0.2) is 36.4 Å². The van der Waals surface area contributed by atoms with E-state index in [9.17, 15) is 14.4 Å². The minimum Gasteiger partial charge on any atom is -0.454 e. The molecule has 5 nitrogen and oxygen atoms in total. The molecule has 0 saturated heterocycles.